The van der Waals surface area contributed by atoms with Gasteiger partial charge in [-0.1, -0.05) is 26.3 Å². The Bertz CT molecular complexity index is 709. The molecule has 0 amide bonds. The summed E-state index contributed by atoms with van der Waals surface area (Å²) in [5.41, 5.74) is 2.75. The molecule has 7 unspecified atom stereocenters. The Morgan fingerprint density at radius 3 is 2.68 bits per heavy atom. The quantitative estimate of drug-likeness (QED) is 0.729. The van der Waals surface area contributed by atoms with Crippen molar-refractivity contribution in [3.63, 3.8) is 0 Å². The second kappa shape index (κ2) is 6.97. The second-order valence-electron chi connectivity index (χ2n) is 10.7. The Morgan fingerprint density at radius 2 is 1.96 bits per heavy atom. The lowest BCUT2D eigenvalue weighted by Gasteiger charge is -2.56. The Balaban J connectivity index is 1.65. The van der Waals surface area contributed by atoms with Gasteiger partial charge in [0, 0.05) is 18.4 Å². The summed E-state index contributed by atoms with van der Waals surface area (Å²) in [4.78, 5) is 24.3. The number of aliphatic hydroxyl groups excluding tert-OH is 1. The van der Waals surface area contributed by atoms with Crippen LogP contribution < -0.4 is 0 Å². The number of carbonyl (C=O) groups is 2. The maximum atomic E-state index is 13.2. The predicted octanol–water partition coefficient (Wildman–Crippen LogP) is 4.75. The van der Waals surface area contributed by atoms with Crippen LogP contribution in [0, 0.1) is 34.5 Å². The third-order valence-corrected chi connectivity index (χ3v) is 9.33. The number of hydrogen-bond donors (Lipinski definition) is 2. The molecule has 3 saturated carbocycles. The molecule has 0 heterocycles. The molecule has 4 aliphatic rings. The fourth-order valence-electron chi connectivity index (χ4n) is 7.72. The van der Waals surface area contributed by atoms with Crippen LogP contribution in [-0.4, -0.2) is 28.1 Å². The molecule has 156 valence electrons. The third kappa shape index (κ3) is 2.98. The SMILES string of the molecule is CC(CCC(=O)O)C1CC(=O)C2=C3CCC4CC(O)CCC4(C)C3CCC21C. The average molecular weight is 389 g/mol. The van der Waals surface area contributed by atoms with E-state index in [1.54, 1.807) is 0 Å². The molecule has 0 spiro atoms. The number of ketones is 1. The lowest BCUT2D eigenvalue weighted by molar-refractivity contribution is -0.137. The molecule has 0 aromatic carbocycles. The standard InChI is InChI=1S/C24H36O4/c1-14(4-7-21(27)28)19-13-20(26)22-17-6-5-15-12-16(25)8-10-23(15,2)18(17)9-11-24(19,22)3/h14-16,18-19,25H,4-13H2,1-3H3,(H,27,28). The van der Waals surface area contributed by atoms with Gasteiger partial charge in [0.2, 0.25) is 0 Å². The van der Waals surface area contributed by atoms with E-state index in [2.05, 4.69) is 20.8 Å². The number of Topliss-reactive ketones (excluding diaryl/α,β-unsaturated/α-hetero) is 1. The lowest BCUT2D eigenvalue weighted by atomic mass is 9.48. The molecule has 0 aliphatic heterocycles. The highest BCUT2D eigenvalue weighted by molar-refractivity contribution is 6.00. The van der Waals surface area contributed by atoms with Crippen LogP contribution in [0.4, 0.5) is 0 Å². The van der Waals surface area contributed by atoms with Crippen molar-refractivity contribution in [1.82, 2.24) is 0 Å². The Hall–Kier alpha value is -1.16. The highest BCUT2D eigenvalue weighted by Crippen LogP contribution is 2.65. The van der Waals surface area contributed by atoms with Crippen LogP contribution in [0.2, 0.25) is 0 Å². The van der Waals surface area contributed by atoms with Crippen molar-refractivity contribution >= 4 is 11.8 Å². The Morgan fingerprint density at radius 1 is 1.21 bits per heavy atom. The van der Waals surface area contributed by atoms with E-state index in [9.17, 15) is 14.7 Å². The topological polar surface area (TPSA) is 74.6 Å². The molecule has 0 bridgehead atoms. The lowest BCUT2D eigenvalue weighted by Crippen LogP contribution is -2.48. The van der Waals surface area contributed by atoms with Crippen molar-refractivity contribution in [2.75, 3.05) is 0 Å². The van der Waals surface area contributed by atoms with E-state index < -0.39 is 5.97 Å². The summed E-state index contributed by atoms with van der Waals surface area (Å²) in [5.74, 6) is 1.22. The molecule has 0 aromatic heterocycles. The van der Waals surface area contributed by atoms with Crippen molar-refractivity contribution in [2.24, 2.45) is 34.5 Å². The van der Waals surface area contributed by atoms with Gasteiger partial charge in [-0.25, -0.2) is 0 Å². The van der Waals surface area contributed by atoms with Gasteiger partial charge in [-0.05, 0) is 85.9 Å². The van der Waals surface area contributed by atoms with Crippen LogP contribution in [-0.2, 0) is 9.59 Å². The van der Waals surface area contributed by atoms with E-state index in [4.69, 9.17) is 5.11 Å². The van der Waals surface area contributed by atoms with Crippen LogP contribution in [0.1, 0.15) is 85.0 Å². The van der Waals surface area contributed by atoms with Gasteiger partial charge < -0.3 is 10.2 Å². The van der Waals surface area contributed by atoms with E-state index in [1.165, 1.54) is 5.57 Å². The first-order chi connectivity index (χ1) is 13.2. The fraction of sp³-hybridized carbons (Fsp3) is 0.833. The van der Waals surface area contributed by atoms with Crippen LogP contribution in [0.5, 0.6) is 0 Å². The Labute approximate surface area is 168 Å². The minimum Gasteiger partial charge on any atom is -0.481 e. The minimum absolute atomic E-state index is 0.0712. The smallest absolute Gasteiger partial charge is 0.303 e. The zero-order valence-corrected chi connectivity index (χ0v) is 17.7. The summed E-state index contributed by atoms with van der Waals surface area (Å²) < 4.78 is 0. The zero-order valence-electron chi connectivity index (χ0n) is 17.7. The first-order valence-electron chi connectivity index (χ1n) is 11.3. The molecule has 4 aliphatic carbocycles. The Kier molecular flexibility index (Phi) is 5.01. The summed E-state index contributed by atoms with van der Waals surface area (Å²) in [5, 5.41) is 19.2. The monoisotopic (exact) mass is 388 g/mol. The van der Waals surface area contributed by atoms with Gasteiger partial charge in [0.15, 0.2) is 5.78 Å². The van der Waals surface area contributed by atoms with Crippen LogP contribution in [0.3, 0.4) is 0 Å². The maximum Gasteiger partial charge on any atom is 0.303 e. The molecular formula is C24H36O4. The molecule has 3 fully saturated rings. The van der Waals surface area contributed by atoms with E-state index in [1.807, 2.05) is 0 Å². The van der Waals surface area contributed by atoms with Crippen molar-refractivity contribution in [2.45, 2.75) is 91.1 Å². The zero-order chi connectivity index (χ0) is 20.3. The van der Waals surface area contributed by atoms with Gasteiger partial charge in [-0.2, -0.15) is 0 Å². The minimum atomic E-state index is -0.741. The van der Waals surface area contributed by atoms with Gasteiger partial charge in [-0.15, -0.1) is 0 Å². The number of carboxylic acids is 1. The molecular weight excluding hydrogens is 352 g/mol. The number of hydrogen-bond acceptors (Lipinski definition) is 3. The summed E-state index contributed by atoms with van der Waals surface area (Å²) in [6.45, 7) is 6.85. The number of aliphatic carboxylic acids is 1. The molecule has 2 N–H and O–H groups in total. The molecule has 0 aromatic rings. The van der Waals surface area contributed by atoms with E-state index >= 15 is 0 Å². The second-order valence-corrected chi connectivity index (χ2v) is 10.7. The van der Waals surface area contributed by atoms with Gasteiger partial charge in [0.25, 0.3) is 0 Å². The molecule has 0 saturated heterocycles. The van der Waals surface area contributed by atoms with Crippen molar-refractivity contribution < 1.29 is 19.8 Å². The number of rotatable bonds is 4. The van der Waals surface area contributed by atoms with Gasteiger partial charge in [-0.3, -0.25) is 9.59 Å². The van der Waals surface area contributed by atoms with Gasteiger partial charge in [0.1, 0.15) is 0 Å². The fourth-order valence-corrected chi connectivity index (χ4v) is 7.72. The maximum absolute atomic E-state index is 13.2. The van der Waals surface area contributed by atoms with Crippen LogP contribution >= 0.6 is 0 Å². The largest absolute Gasteiger partial charge is 0.481 e. The molecule has 4 rings (SSSR count). The number of carbonyl (C=O) groups excluding carboxylic acids is 1. The van der Waals surface area contributed by atoms with E-state index in [-0.39, 0.29) is 35.2 Å². The van der Waals surface area contributed by atoms with Crippen molar-refractivity contribution in [1.29, 1.82) is 0 Å². The molecule has 28 heavy (non-hydrogen) atoms. The number of carboxylic acid groups (broad SMARTS) is 1. The summed E-state index contributed by atoms with van der Waals surface area (Å²) >= 11 is 0. The first-order valence-corrected chi connectivity index (χ1v) is 11.3. The normalized spacial score (nSPS) is 43.9. The molecule has 4 nitrogen and oxygen atoms in total. The first kappa shape index (κ1) is 20.1. The van der Waals surface area contributed by atoms with Gasteiger partial charge >= 0.3 is 5.97 Å². The van der Waals surface area contributed by atoms with E-state index in [0.29, 0.717) is 30.5 Å². The predicted molar refractivity (Wildman–Crippen MR) is 108 cm³/mol. The van der Waals surface area contributed by atoms with Crippen molar-refractivity contribution in [3.8, 4) is 0 Å². The van der Waals surface area contributed by atoms with Crippen molar-refractivity contribution in [3.05, 3.63) is 11.1 Å². The molecule has 7 atom stereocenters. The number of fused-ring (bicyclic) bond motifs is 4. The highest BCUT2D eigenvalue weighted by Gasteiger charge is 2.58. The number of allylic oxidation sites excluding steroid dienone is 2. The summed E-state index contributed by atoms with van der Waals surface area (Å²) in [6.07, 6.45) is 8.52. The van der Waals surface area contributed by atoms with Gasteiger partial charge in [0.05, 0.1) is 6.10 Å². The average Bonchev–Trinajstić information content (AvgIpc) is 2.91. The van der Waals surface area contributed by atoms with E-state index in [0.717, 1.165) is 50.5 Å². The number of aliphatic hydroxyl groups is 1. The summed E-state index contributed by atoms with van der Waals surface area (Å²) in [7, 11) is 0. The highest BCUT2D eigenvalue weighted by atomic mass is 16.4. The molecule has 0 radical (unpaired) electrons. The van der Waals surface area contributed by atoms with Crippen LogP contribution in [0.15, 0.2) is 11.1 Å². The third-order valence-electron chi connectivity index (χ3n) is 9.33. The summed E-state index contributed by atoms with van der Waals surface area (Å²) in [6, 6.07) is 0. The van der Waals surface area contributed by atoms with Crippen LogP contribution in [0.25, 0.3) is 0 Å². The molecule has 4 heteroatoms.